The summed E-state index contributed by atoms with van der Waals surface area (Å²) in [5.74, 6) is 1.93. The van der Waals surface area contributed by atoms with E-state index in [1.165, 1.54) is 11.1 Å². The summed E-state index contributed by atoms with van der Waals surface area (Å²) in [4.78, 5) is 0. The van der Waals surface area contributed by atoms with Gasteiger partial charge in [-0.2, -0.15) is 0 Å². The fourth-order valence-electron chi connectivity index (χ4n) is 1.86. The highest BCUT2D eigenvalue weighted by molar-refractivity contribution is 9.10. The standard InChI is InChI=1S/C11H14BrNO2/c1-6-3-8-11(15-5-14-8)10(12)9(6)7(2)4-13/h3,7H,4-5,13H2,1-2H3. The van der Waals surface area contributed by atoms with Gasteiger partial charge in [0.2, 0.25) is 6.79 Å². The van der Waals surface area contributed by atoms with Crippen molar-refractivity contribution in [3.8, 4) is 11.5 Å². The molecule has 0 aliphatic carbocycles. The Kier molecular flexibility index (Phi) is 2.89. The predicted molar refractivity (Wildman–Crippen MR) is 62.5 cm³/mol. The first kappa shape index (κ1) is 10.8. The summed E-state index contributed by atoms with van der Waals surface area (Å²) < 4.78 is 11.7. The van der Waals surface area contributed by atoms with Crippen molar-refractivity contribution in [2.75, 3.05) is 13.3 Å². The molecule has 0 amide bonds. The second-order valence-corrected chi connectivity index (χ2v) is 4.58. The zero-order chi connectivity index (χ0) is 11.0. The maximum Gasteiger partial charge on any atom is 0.231 e. The summed E-state index contributed by atoms with van der Waals surface area (Å²) in [6, 6.07) is 2.01. The molecular formula is C11H14BrNO2. The van der Waals surface area contributed by atoms with Crippen molar-refractivity contribution in [1.82, 2.24) is 0 Å². The smallest absolute Gasteiger partial charge is 0.231 e. The van der Waals surface area contributed by atoms with E-state index in [9.17, 15) is 0 Å². The van der Waals surface area contributed by atoms with E-state index in [1.54, 1.807) is 0 Å². The molecule has 4 heteroatoms. The average Bonchev–Trinajstić information content (AvgIpc) is 2.65. The van der Waals surface area contributed by atoms with Gasteiger partial charge in [0, 0.05) is 0 Å². The molecule has 3 nitrogen and oxygen atoms in total. The Morgan fingerprint density at radius 2 is 2.27 bits per heavy atom. The molecule has 82 valence electrons. The Bertz CT molecular complexity index is 393. The largest absolute Gasteiger partial charge is 0.454 e. The van der Waals surface area contributed by atoms with E-state index in [1.807, 2.05) is 6.07 Å². The second kappa shape index (κ2) is 4.02. The predicted octanol–water partition coefficient (Wildman–Crippen LogP) is 2.55. The van der Waals surface area contributed by atoms with E-state index in [0.717, 1.165) is 16.0 Å². The summed E-state index contributed by atoms with van der Waals surface area (Å²) in [5, 5.41) is 0. The average molecular weight is 272 g/mol. The van der Waals surface area contributed by atoms with Gasteiger partial charge in [0.1, 0.15) is 0 Å². The Balaban J connectivity index is 2.56. The molecule has 1 aliphatic rings. The summed E-state index contributed by atoms with van der Waals surface area (Å²) in [6.45, 7) is 5.09. The van der Waals surface area contributed by atoms with E-state index >= 15 is 0 Å². The van der Waals surface area contributed by atoms with Gasteiger partial charge < -0.3 is 15.2 Å². The van der Waals surface area contributed by atoms with Crippen LogP contribution in [-0.2, 0) is 0 Å². The number of nitrogens with two attached hydrogens (primary N) is 1. The fraction of sp³-hybridized carbons (Fsp3) is 0.455. The van der Waals surface area contributed by atoms with Crippen LogP contribution in [0.3, 0.4) is 0 Å². The van der Waals surface area contributed by atoms with Crippen molar-refractivity contribution >= 4 is 15.9 Å². The summed E-state index contributed by atoms with van der Waals surface area (Å²) in [5.41, 5.74) is 8.09. The van der Waals surface area contributed by atoms with Crippen LogP contribution in [0.2, 0.25) is 0 Å². The third-order valence-electron chi connectivity index (χ3n) is 2.70. The molecule has 2 N–H and O–H groups in total. The molecule has 1 aliphatic heterocycles. The Morgan fingerprint density at radius 1 is 1.53 bits per heavy atom. The Morgan fingerprint density at radius 3 is 2.93 bits per heavy atom. The van der Waals surface area contributed by atoms with Gasteiger partial charge in [-0.05, 0) is 52.5 Å². The van der Waals surface area contributed by atoms with Crippen LogP contribution in [0.4, 0.5) is 0 Å². The molecule has 0 radical (unpaired) electrons. The third-order valence-corrected chi connectivity index (χ3v) is 3.48. The van der Waals surface area contributed by atoms with Crippen LogP contribution >= 0.6 is 15.9 Å². The van der Waals surface area contributed by atoms with Crippen LogP contribution in [-0.4, -0.2) is 13.3 Å². The maximum absolute atomic E-state index is 5.69. The van der Waals surface area contributed by atoms with Crippen molar-refractivity contribution in [2.24, 2.45) is 5.73 Å². The molecule has 1 heterocycles. The Hall–Kier alpha value is -0.740. The summed E-state index contributed by atoms with van der Waals surface area (Å²) in [6.07, 6.45) is 0. The number of ether oxygens (including phenoxy) is 2. The van der Waals surface area contributed by atoms with Crippen LogP contribution in [0.5, 0.6) is 11.5 Å². The molecule has 0 fully saturated rings. The molecule has 15 heavy (non-hydrogen) atoms. The zero-order valence-electron chi connectivity index (χ0n) is 8.84. The second-order valence-electron chi connectivity index (χ2n) is 3.79. The van der Waals surface area contributed by atoms with E-state index in [2.05, 4.69) is 29.8 Å². The van der Waals surface area contributed by atoms with Crippen LogP contribution in [0.25, 0.3) is 0 Å². The topological polar surface area (TPSA) is 44.5 Å². The molecule has 2 rings (SSSR count). The number of benzene rings is 1. The highest BCUT2D eigenvalue weighted by Crippen LogP contribution is 2.44. The van der Waals surface area contributed by atoms with Gasteiger partial charge in [0.05, 0.1) is 4.47 Å². The zero-order valence-corrected chi connectivity index (χ0v) is 10.4. The fourth-order valence-corrected chi connectivity index (χ4v) is 2.87. The molecule has 0 aromatic heterocycles. The van der Waals surface area contributed by atoms with Crippen molar-refractivity contribution in [1.29, 1.82) is 0 Å². The quantitative estimate of drug-likeness (QED) is 0.899. The highest BCUT2D eigenvalue weighted by Gasteiger charge is 2.23. The number of rotatable bonds is 2. The Labute approximate surface area is 97.7 Å². The van der Waals surface area contributed by atoms with E-state index in [-0.39, 0.29) is 0 Å². The van der Waals surface area contributed by atoms with Gasteiger partial charge >= 0.3 is 0 Å². The van der Waals surface area contributed by atoms with Crippen molar-refractivity contribution in [3.05, 3.63) is 21.7 Å². The normalized spacial score (nSPS) is 15.5. The number of aryl methyl sites for hydroxylation is 1. The van der Waals surface area contributed by atoms with E-state index in [4.69, 9.17) is 15.2 Å². The van der Waals surface area contributed by atoms with Gasteiger partial charge in [-0.3, -0.25) is 0 Å². The first-order valence-corrected chi connectivity index (χ1v) is 5.73. The highest BCUT2D eigenvalue weighted by atomic mass is 79.9. The van der Waals surface area contributed by atoms with Crippen LogP contribution in [0.1, 0.15) is 24.0 Å². The number of hydrogen-bond acceptors (Lipinski definition) is 3. The van der Waals surface area contributed by atoms with Crippen LogP contribution in [0, 0.1) is 6.92 Å². The lowest BCUT2D eigenvalue weighted by Crippen LogP contribution is -2.11. The van der Waals surface area contributed by atoms with Crippen molar-refractivity contribution in [2.45, 2.75) is 19.8 Å². The number of fused-ring (bicyclic) bond motifs is 1. The molecule has 0 saturated carbocycles. The molecule has 1 atom stereocenters. The number of hydrogen-bond donors (Lipinski definition) is 1. The lowest BCUT2D eigenvalue weighted by molar-refractivity contribution is 0.173. The third kappa shape index (κ3) is 1.72. The van der Waals surface area contributed by atoms with Gasteiger partial charge in [0.15, 0.2) is 11.5 Å². The first-order chi connectivity index (χ1) is 7.15. The summed E-state index contributed by atoms with van der Waals surface area (Å²) in [7, 11) is 0. The molecule has 1 aromatic carbocycles. The molecule has 1 unspecified atom stereocenters. The van der Waals surface area contributed by atoms with Gasteiger partial charge in [-0.1, -0.05) is 6.92 Å². The summed E-state index contributed by atoms with van der Waals surface area (Å²) >= 11 is 3.56. The lowest BCUT2D eigenvalue weighted by Gasteiger charge is -2.16. The van der Waals surface area contributed by atoms with E-state index in [0.29, 0.717) is 19.3 Å². The van der Waals surface area contributed by atoms with Crippen LogP contribution < -0.4 is 15.2 Å². The minimum atomic E-state index is 0.299. The van der Waals surface area contributed by atoms with Crippen LogP contribution in [0.15, 0.2) is 10.5 Å². The van der Waals surface area contributed by atoms with E-state index < -0.39 is 0 Å². The van der Waals surface area contributed by atoms with Crippen molar-refractivity contribution in [3.63, 3.8) is 0 Å². The molecule has 0 spiro atoms. The number of halogens is 1. The first-order valence-electron chi connectivity index (χ1n) is 4.93. The minimum absolute atomic E-state index is 0.299. The maximum atomic E-state index is 5.69. The van der Waals surface area contributed by atoms with Gasteiger partial charge in [-0.25, -0.2) is 0 Å². The molecular weight excluding hydrogens is 258 g/mol. The lowest BCUT2D eigenvalue weighted by atomic mass is 9.96. The monoisotopic (exact) mass is 271 g/mol. The molecule has 0 bridgehead atoms. The van der Waals surface area contributed by atoms with Gasteiger partial charge in [-0.15, -0.1) is 0 Å². The van der Waals surface area contributed by atoms with Crippen molar-refractivity contribution < 1.29 is 9.47 Å². The SMILES string of the molecule is Cc1cc2c(c(Br)c1C(C)CN)OCO2. The molecule has 0 saturated heterocycles. The van der Waals surface area contributed by atoms with Gasteiger partial charge in [0.25, 0.3) is 0 Å². The molecule has 1 aromatic rings. The minimum Gasteiger partial charge on any atom is -0.454 e.